The number of nitrogens with one attached hydrogen (secondary N) is 1. The summed E-state index contributed by atoms with van der Waals surface area (Å²) in [5, 5.41) is 14.5. The highest BCUT2D eigenvalue weighted by atomic mass is 35.5. The summed E-state index contributed by atoms with van der Waals surface area (Å²) in [4.78, 5) is 14.4. The summed E-state index contributed by atoms with van der Waals surface area (Å²) in [5.41, 5.74) is 1.28. The van der Waals surface area contributed by atoms with Gasteiger partial charge in [0.15, 0.2) is 0 Å². The van der Waals surface area contributed by atoms with Crippen molar-refractivity contribution < 1.29 is 14.4 Å². The van der Waals surface area contributed by atoms with Crippen molar-refractivity contribution in [3.63, 3.8) is 0 Å². The Morgan fingerprint density at radius 3 is 2.68 bits per heavy atom. The number of thiocarbonyl (C=S) groups is 1. The molecule has 1 saturated heterocycles. The molecule has 2 aromatic carbocycles. The van der Waals surface area contributed by atoms with Crippen molar-refractivity contribution >= 4 is 51.6 Å². The van der Waals surface area contributed by atoms with Crippen molar-refractivity contribution in [2.24, 2.45) is 0 Å². The zero-order chi connectivity index (χ0) is 20.5. The number of carbonyl (C=O) groups excluding carboxylic acids is 1. The van der Waals surface area contributed by atoms with Crippen LogP contribution in [0, 0.1) is 5.82 Å². The molecule has 2 amide bonds. The number of hydroxylamine groups is 2. The van der Waals surface area contributed by atoms with Gasteiger partial charge in [-0.05, 0) is 49.7 Å². The molecule has 0 aromatic heterocycles. The lowest BCUT2D eigenvalue weighted by Gasteiger charge is -2.36. The average Bonchev–Trinajstić information content (AvgIpc) is 2.84. The minimum absolute atomic E-state index is 0.330. The summed E-state index contributed by atoms with van der Waals surface area (Å²) in [7, 11) is 0. The van der Waals surface area contributed by atoms with Gasteiger partial charge in [-0.2, -0.15) is 5.06 Å². The first-order chi connectivity index (χ1) is 13.2. The lowest BCUT2D eigenvalue weighted by Crippen LogP contribution is -2.55. The number of rotatable bonds is 4. The van der Waals surface area contributed by atoms with Crippen LogP contribution >= 0.6 is 35.6 Å². The largest absolute Gasteiger partial charge is 0.347 e. The maximum Gasteiger partial charge on any atom is 0.347 e. The Bertz CT molecular complexity index is 895. The number of amides is 2. The number of benzene rings is 2. The van der Waals surface area contributed by atoms with Crippen LogP contribution in [0.1, 0.15) is 19.4 Å². The predicted molar refractivity (Wildman–Crippen MR) is 114 cm³/mol. The monoisotopic (exact) mass is 439 g/mol. The third kappa shape index (κ3) is 4.57. The molecular weight excluding hydrogens is 421 g/mol. The molecule has 1 fully saturated rings. The smallest absolute Gasteiger partial charge is 0.329 e. The Labute approximate surface area is 177 Å². The van der Waals surface area contributed by atoms with E-state index in [0.717, 1.165) is 5.56 Å². The molecule has 9 heteroatoms. The topological polar surface area (TPSA) is 55.8 Å². The maximum atomic E-state index is 13.2. The van der Waals surface area contributed by atoms with E-state index >= 15 is 0 Å². The summed E-state index contributed by atoms with van der Waals surface area (Å²) in [6.45, 7) is 4.13. The van der Waals surface area contributed by atoms with E-state index in [1.54, 1.807) is 41.3 Å². The van der Waals surface area contributed by atoms with Crippen LogP contribution < -0.4 is 5.32 Å². The summed E-state index contributed by atoms with van der Waals surface area (Å²) < 4.78 is 13.2. The van der Waals surface area contributed by atoms with E-state index < -0.39 is 16.9 Å². The van der Waals surface area contributed by atoms with E-state index in [9.17, 15) is 14.4 Å². The fourth-order valence-electron chi connectivity index (χ4n) is 3.03. The quantitative estimate of drug-likeness (QED) is 0.382. The first-order valence-corrected chi connectivity index (χ1v) is 10.1. The Hall–Kier alpha value is -1.87. The van der Waals surface area contributed by atoms with Crippen molar-refractivity contribution in [3.8, 4) is 0 Å². The normalized spacial score (nSPS) is 18.2. The minimum Gasteiger partial charge on any atom is -0.329 e. The molecule has 0 unspecified atom stereocenters. The van der Waals surface area contributed by atoms with Gasteiger partial charge in [0.25, 0.3) is 0 Å². The first-order valence-electron chi connectivity index (χ1n) is 8.46. The molecular formula is C19H19ClFN3O2S2. The highest BCUT2D eigenvalue weighted by Gasteiger charge is 2.49. The van der Waals surface area contributed by atoms with Crippen molar-refractivity contribution in [2.45, 2.75) is 31.3 Å². The molecule has 2 aromatic rings. The molecule has 5 nitrogen and oxygen atoms in total. The fraction of sp³-hybridized carbons (Fsp3) is 0.263. The second kappa shape index (κ2) is 8.24. The molecule has 1 aliphatic rings. The van der Waals surface area contributed by atoms with Crippen LogP contribution in [-0.4, -0.2) is 36.4 Å². The Morgan fingerprint density at radius 1 is 1.36 bits per heavy atom. The third-order valence-electron chi connectivity index (χ3n) is 4.28. The van der Waals surface area contributed by atoms with E-state index in [1.165, 1.54) is 23.9 Å². The summed E-state index contributed by atoms with van der Waals surface area (Å²) in [6.07, 6.45) is -0.714. The first kappa shape index (κ1) is 20.9. The number of urea groups is 1. The van der Waals surface area contributed by atoms with Gasteiger partial charge in [0.2, 0.25) is 0 Å². The molecule has 0 radical (unpaired) electrons. The van der Waals surface area contributed by atoms with E-state index in [4.69, 9.17) is 23.8 Å². The van der Waals surface area contributed by atoms with Gasteiger partial charge in [-0.25, -0.2) is 9.18 Å². The van der Waals surface area contributed by atoms with Gasteiger partial charge < -0.3 is 10.2 Å². The van der Waals surface area contributed by atoms with Crippen LogP contribution in [0.2, 0.25) is 5.02 Å². The Balaban J connectivity index is 1.81. The summed E-state index contributed by atoms with van der Waals surface area (Å²) >= 11 is 12.8. The van der Waals surface area contributed by atoms with Crippen LogP contribution in [0.25, 0.3) is 0 Å². The van der Waals surface area contributed by atoms with Crippen molar-refractivity contribution in [2.75, 3.05) is 5.32 Å². The zero-order valence-electron chi connectivity index (χ0n) is 15.2. The lowest BCUT2D eigenvalue weighted by molar-refractivity contribution is -0.115. The van der Waals surface area contributed by atoms with Crippen molar-refractivity contribution in [1.82, 2.24) is 9.96 Å². The highest BCUT2D eigenvalue weighted by Crippen LogP contribution is 2.43. The molecule has 1 atom stereocenters. The van der Waals surface area contributed by atoms with Gasteiger partial charge in [0, 0.05) is 17.3 Å². The molecule has 1 aliphatic heterocycles. The minimum atomic E-state index is -0.714. The van der Waals surface area contributed by atoms with Crippen LogP contribution in [0.5, 0.6) is 0 Å². The molecule has 1 heterocycles. The SMILES string of the molecule is CC1(C)SC(=S)N(Cc2ccc(F)cc2)[C@@H]1N(O)C(=O)Nc1cccc(Cl)c1. The fourth-order valence-corrected chi connectivity index (χ4v) is 5.10. The number of hydrogen-bond acceptors (Lipinski definition) is 4. The molecule has 0 saturated carbocycles. The third-order valence-corrected chi connectivity index (χ3v) is 6.15. The van der Waals surface area contributed by atoms with Gasteiger partial charge in [-0.15, -0.1) is 0 Å². The molecule has 0 bridgehead atoms. The summed E-state index contributed by atoms with van der Waals surface area (Å²) in [5.74, 6) is -0.330. The van der Waals surface area contributed by atoms with Gasteiger partial charge in [-0.1, -0.05) is 53.8 Å². The molecule has 148 valence electrons. The van der Waals surface area contributed by atoms with Crippen molar-refractivity contribution in [3.05, 3.63) is 64.9 Å². The predicted octanol–water partition coefficient (Wildman–Crippen LogP) is 5.34. The molecule has 2 N–H and O–H groups in total. The molecule has 3 rings (SSSR count). The lowest BCUT2D eigenvalue weighted by atomic mass is 10.1. The standard InChI is InChI=1S/C19H19ClFN3O2S2/c1-19(2)16(24(26)17(25)22-15-5-3-4-13(20)10-15)23(18(27)28-19)11-12-6-8-14(21)9-7-12/h3-10,16,26H,11H2,1-2H3,(H,22,25)/t16-/m1/s1. The van der Waals surface area contributed by atoms with Gasteiger partial charge >= 0.3 is 6.03 Å². The van der Waals surface area contributed by atoms with Crippen LogP contribution in [-0.2, 0) is 6.54 Å². The number of nitrogens with zero attached hydrogens (tertiary/aromatic N) is 2. The number of thioether (sulfide) groups is 1. The second-order valence-corrected chi connectivity index (χ2v) is 9.61. The van der Waals surface area contributed by atoms with Gasteiger partial charge in [0.05, 0.1) is 4.75 Å². The molecule has 0 aliphatic carbocycles. The number of hydrogen-bond donors (Lipinski definition) is 2. The Kier molecular flexibility index (Phi) is 6.14. The number of halogens is 2. The summed E-state index contributed by atoms with van der Waals surface area (Å²) in [6, 6.07) is 12.0. The van der Waals surface area contributed by atoms with Crippen molar-refractivity contribution in [1.29, 1.82) is 0 Å². The maximum absolute atomic E-state index is 13.2. The van der Waals surface area contributed by atoms with Crippen LogP contribution in [0.4, 0.5) is 14.9 Å². The van der Waals surface area contributed by atoms with Gasteiger partial charge in [0.1, 0.15) is 16.3 Å². The average molecular weight is 440 g/mol. The highest BCUT2D eigenvalue weighted by molar-refractivity contribution is 8.24. The zero-order valence-corrected chi connectivity index (χ0v) is 17.6. The number of carbonyl (C=O) groups is 1. The molecule has 28 heavy (non-hydrogen) atoms. The molecule has 0 spiro atoms. The van der Waals surface area contributed by atoms with Gasteiger partial charge in [-0.3, -0.25) is 5.21 Å². The van der Waals surface area contributed by atoms with E-state index in [0.29, 0.717) is 26.6 Å². The van der Waals surface area contributed by atoms with Crippen LogP contribution in [0.15, 0.2) is 48.5 Å². The second-order valence-electron chi connectivity index (χ2n) is 6.88. The van der Waals surface area contributed by atoms with E-state index in [-0.39, 0.29) is 5.82 Å². The van der Waals surface area contributed by atoms with E-state index in [2.05, 4.69) is 5.32 Å². The van der Waals surface area contributed by atoms with E-state index in [1.807, 2.05) is 13.8 Å². The van der Waals surface area contributed by atoms with Crippen LogP contribution in [0.3, 0.4) is 0 Å². The Morgan fingerprint density at radius 2 is 2.04 bits per heavy atom. The number of anilines is 1.